The van der Waals surface area contributed by atoms with Crippen LogP contribution in [-0.2, 0) is 0 Å². The smallest absolute Gasteiger partial charge is 0.296 e. The van der Waals surface area contributed by atoms with Crippen molar-refractivity contribution >= 4 is 11.0 Å². The van der Waals surface area contributed by atoms with Gasteiger partial charge in [-0.25, -0.2) is 0 Å². The van der Waals surface area contributed by atoms with Crippen LogP contribution in [0.25, 0.3) is 22.1 Å². The normalized spacial score (nSPS) is 10.6. The maximum Gasteiger partial charge on any atom is 0.296 e. The van der Waals surface area contributed by atoms with Crippen molar-refractivity contribution in [3.63, 3.8) is 0 Å². The Bertz CT molecular complexity index is 943. The first-order valence-electron chi connectivity index (χ1n) is 7.16. The Hall–Kier alpha value is -3.15. The molecule has 0 saturated carbocycles. The van der Waals surface area contributed by atoms with Gasteiger partial charge in [0.15, 0.2) is 11.5 Å². The number of hydrogen-bond donors (Lipinski definition) is 1. The second-order valence-corrected chi connectivity index (χ2v) is 5.00. The van der Waals surface area contributed by atoms with Crippen molar-refractivity contribution in [2.75, 3.05) is 21.3 Å². The number of hydrogen-bond acceptors (Lipinski definition) is 6. The molecule has 0 unspecified atom stereocenters. The zero-order chi connectivity index (χ0) is 17.3. The Morgan fingerprint density at radius 1 is 1.00 bits per heavy atom. The van der Waals surface area contributed by atoms with E-state index in [1.165, 1.54) is 27.4 Å². The van der Waals surface area contributed by atoms with Gasteiger partial charge in [0, 0.05) is 6.07 Å². The lowest BCUT2D eigenvalue weighted by Gasteiger charge is -2.13. The Balaban J connectivity index is 2.45. The molecule has 0 atom stereocenters. The number of ether oxygens (including phenoxy) is 3. The van der Waals surface area contributed by atoms with Gasteiger partial charge in [-0.2, -0.15) is 0 Å². The third kappa shape index (κ3) is 2.32. The van der Waals surface area contributed by atoms with Gasteiger partial charge in [0.25, 0.3) is 5.95 Å². The molecule has 0 aliphatic heterocycles. The summed E-state index contributed by atoms with van der Waals surface area (Å²) in [6.45, 7) is 0. The summed E-state index contributed by atoms with van der Waals surface area (Å²) in [4.78, 5) is 13.0. The van der Waals surface area contributed by atoms with Crippen LogP contribution >= 0.6 is 0 Å². The molecule has 0 aliphatic rings. The third-order valence-electron chi connectivity index (χ3n) is 3.72. The van der Waals surface area contributed by atoms with E-state index in [2.05, 4.69) is 0 Å². The van der Waals surface area contributed by atoms with E-state index in [9.17, 15) is 9.90 Å². The van der Waals surface area contributed by atoms with Crippen LogP contribution in [0.4, 0.5) is 0 Å². The van der Waals surface area contributed by atoms with E-state index in [1.54, 1.807) is 24.3 Å². The van der Waals surface area contributed by atoms with E-state index in [0.717, 1.165) is 0 Å². The molecule has 0 spiro atoms. The first-order valence-corrected chi connectivity index (χ1v) is 7.16. The van der Waals surface area contributed by atoms with Crippen LogP contribution in [0.5, 0.6) is 23.2 Å². The molecule has 1 aromatic heterocycles. The van der Waals surface area contributed by atoms with Gasteiger partial charge in [-0.15, -0.1) is 0 Å². The molecule has 0 bridgehead atoms. The minimum Gasteiger partial charge on any atom is -0.504 e. The molecule has 1 N–H and O–H groups in total. The predicted molar refractivity (Wildman–Crippen MR) is 89.2 cm³/mol. The van der Waals surface area contributed by atoms with E-state index >= 15 is 0 Å². The molecule has 2 aromatic carbocycles. The van der Waals surface area contributed by atoms with Crippen LogP contribution in [0, 0.1) is 0 Å². The van der Waals surface area contributed by atoms with Gasteiger partial charge in [-0.05, 0) is 5.56 Å². The molecule has 0 aliphatic carbocycles. The van der Waals surface area contributed by atoms with Gasteiger partial charge in [-0.1, -0.05) is 30.3 Å². The Morgan fingerprint density at radius 3 is 2.29 bits per heavy atom. The molecule has 24 heavy (non-hydrogen) atoms. The highest BCUT2D eigenvalue weighted by Crippen LogP contribution is 2.43. The highest BCUT2D eigenvalue weighted by molar-refractivity contribution is 5.92. The average Bonchev–Trinajstić information content (AvgIpc) is 2.61. The maximum absolute atomic E-state index is 13.0. The summed E-state index contributed by atoms with van der Waals surface area (Å²) < 4.78 is 21.2. The van der Waals surface area contributed by atoms with Crippen LogP contribution in [0.2, 0.25) is 0 Å². The van der Waals surface area contributed by atoms with Gasteiger partial charge in [0.1, 0.15) is 16.5 Å². The maximum atomic E-state index is 13.0. The van der Waals surface area contributed by atoms with E-state index < -0.39 is 5.43 Å². The summed E-state index contributed by atoms with van der Waals surface area (Å²) in [5.74, 6) is 0.0485. The molecule has 0 saturated heterocycles. The summed E-state index contributed by atoms with van der Waals surface area (Å²) >= 11 is 0. The lowest BCUT2D eigenvalue weighted by molar-refractivity contribution is 0.309. The molecule has 0 radical (unpaired) electrons. The van der Waals surface area contributed by atoms with Crippen molar-refractivity contribution in [3.8, 4) is 34.3 Å². The molecule has 3 aromatic rings. The fourth-order valence-corrected chi connectivity index (χ4v) is 2.62. The molecule has 1 heterocycles. The number of phenolic OH excluding ortho intramolecular Hbond substituents is 1. The van der Waals surface area contributed by atoms with Crippen molar-refractivity contribution in [1.82, 2.24) is 0 Å². The highest BCUT2D eigenvalue weighted by Gasteiger charge is 2.23. The Morgan fingerprint density at radius 2 is 1.71 bits per heavy atom. The van der Waals surface area contributed by atoms with Gasteiger partial charge < -0.3 is 23.7 Å². The van der Waals surface area contributed by atoms with Gasteiger partial charge in [0.05, 0.1) is 21.3 Å². The van der Waals surface area contributed by atoms with Crippen molar-refractivity contribution in [1.29, 1.82) is 0 Å². The molecule has 0 amide bonds. The number of rotatable bonds is 4. The van der Waals surface area contributed by atoms with Gasteiger partial charge in [-0.3, -0.25) is 4.79 Å². The number of aromatic hydroxyl groups is 1. The zero-order valence-electron chi connectivity index (χ0n) is 13.5. The lowest BCUT2D eigenvalue weighted by atomic mass is 10.0. The van der Waals surface area contributed by atoms with Crippen LogP contribution in [-0.4, -0.2) is 26.4 Å². The van der Waals surface area contributed by atoms with Gasteiger partial charge >= 0.3 is 0 Å². The summed E-state index contributed by atoms with van der Waals surface area (Å²) in [5, 5.41) is 10.5. The molecular formula is C18H16O6. The summed E-state index contributed by atoms with van der Waals surface area (Å²) in [7, 11) is 4.22. The lowest BCUT2D eigenvalue weighted by Crippen LogP contribution is -2.08. The first-order chi connectivity index (χ1) is 11.6. The van der Waals surface area contributed by atoms with Crippen molar-refractivity contribution in [3.05, 3.63) is 46.6 Å². The minimum absolute atomic E-state index is 0.00676. The SMILES string of the molecule is COc1cc2oc(OC)c(-c3ccccc3)c(=O)c2c(O)c1OC. The van der Waals surface area contributed by atoms with Crippen LogP contribution in [0.15, 0.2) is 45.6 Å². The number of benzene rings is 2. The number of fused-ring (bicyclic) bond motifs is 1. The van der Waals surface area contributed by atoms with Crippen LogP contribution in [0.1, 0.15) is 0 Å². The Labute approximate surface area is 137 Å². The molecule has 6 nitrogen and oxygen atoms in total. The van der Waals surface area contributed by atoms with Gasteiger partial charge in [0.2, 0.25) is 11.2 Å². The highest BCUT2D eigenvalue weighted by atomic mass is 16.6. The van der Waals surface area contributed by atoms with E-state index in [1.807, 2.05) is 6.07 Å². The standard InChI is InChI=1S/C18H16O6/c1-21-12-9-11-14(16(20)17(12)22-2)15(19)13(18(23-3)24-11)10-7-5-4-6-8-10/h4-9,20H,1-3H3. The Kier molecular flexibility index (Phi) is 4.04. The molecule has 0 fully saturated rings. The predicted octanol–water partition coefficient (Wildman–Crippen LogP) is 3.19. The molecule has 124 valence electrons. The topological polar surface area (TPSA) is 78.1 Å². The second-order valence-electron chi connectivity index (χ2n) is 5.00. The fourth-order valence-electron chi connectivity index (χ4n) is 2.62. The van der Waals surface area contributed by atoms with E-state index in [-0.39, 0.29) is 39.7 Å². The summed E-state index contributed by atoms with van der Waals surface area (Å²) in [6.07, 6.45) is 0. The van der Waals surface area contributed by atoms with Crippen molar-refractivity contribution < 1.29 is 23.7 Å². The monoisotopic (exact) mass is 328 g/mol. The van der Waals surface area contributed by atoms with E-state index in [4.69, 9.17) is 18.6 Å². The van der Waals surface area contributed by atoms with Crippen molar-refractivity contribution in [2.45, 2.75) is 0 Å². The molecule has 6 heteroatoms. The molecular weight excluding hydrogens is 312 g/mol. The second kappa shape index (κ2) is 6.16. The minimum atomic E-state index is -0.419. The third-order valence-corrected chi connectivity index (χ3v) is 3.72. The molecule has 3 rings (SSSR count). The average molecular weight is 328 g/mol. The van der Waals surface area contributed by atoms with Crippen LogP contribution < -0.4 is 19.6 Å². The number of phenols is 1. The number of methoxy groups -OCH3 is 3. The van der Waals surface area contributed by atoms with Crippen molar-refractivity contribution in [2.24, 2.45) is 0 Å². The first kappa shape index (κ1) is 15.7. The quantitative estimate of drug-likeness (QED) is 0.792. The van der Waals surface area contributed by atoms with E-state index in [0.29, 0.717) is 5.56 Å². The zero-order valence-corrected chi connectivity index (χ0v) is 13.5. The summed E-state index contributed by atoms with van der Waals surface area (Å²) in [6, 6.07) is 10.4. The van der Waals surface area contributed by atoms with Crippen LogP contribution in [0.3, 0.4) is 0 Å². The fraction of sp³-hybridized carbons (Fsp3) is 0.167. The largest absolute Gasteiger partial charge is 0.504 e. The summed E-state index contributed by atoms with van der Waals surface area (Å²) in [5.41, 5.74) is 0.580.